The second-order valence-electron chi connectivity index (χ2n) is 1.33. The summed E-state index contributed by atoms with van der Waals surface area (Å²) in [4.78, 5) is 12.8. The van der Waals surface area contributed by atoms with Crippen molar-refractivity contribution in [1.82, 2.24) is 0 Å². The van der Waals surface area contributed by atoms with Gasteiger partial charge in [-0.15, -0.1) is 0 Å². The maximum atomic E-state index is 9.54. The van der Waals surface area contributed by atoms with Crippen LogP contribution < -0.4 is 0 Å². The largest absolute Gasteiger partial charge is 0.354 e. The van der Waals surface area contributed by atoms with E-state index in [1.165, 1.54) is 20.3 Å². The summed E-state index contributed by atoms with van der Waals surface area (Å²) in [5.41, 5.74) is 0. The van der Waals surface area contributed by atoms with Crippen LogP contribution in [0.3, 0.4) is 0 Å². The lowest BCUT2D eigenvalue weighted by Crippen LogP contribution is -2.16. The molecule has 4 nitrogen and oxygen atoms in total. The molecule has 0 aromatic heterocycles. The van der Waals surface area contributed by atoms with Crippen molar-refractivity contribution in [3.63, 3.8) is 0 Å². The molecule has 0 spiro atoms. The van der Waals surface area contributed by atoms with Gasteiger partial charge in [-0.25, -0.2) is 9.79 Å². The van der Waals surface area contributed by atoms with Gasteiger partial charge in [0.05, 0.1) is 0 Å². The van der Waals surface area contributed by atoms with Gasteiger partial charge in [-0.3, -0.25) is 0 Å². The maximum absolute atomic E-state index is 9.54. The van der Waals surface area contributed by atoms with Gasteiger partial charge in [0.25, 0.3) is 0 Å². The maximum Gasteiger partial charge on any atom is 0.235 e. The standard InChI is InChI=1S/C5H9NO3/c1-8-5(9-2)3-6-4-7/h5H,3H2,1-2H3. The predicted octanol–water partition coefficient (Wildman–Crippen LogP) is -0.0589. The Bertz CT molecular complexity index is 105. The molecule has 0 saturated heterocycles. The van der Waals surface area contributed by atoms with Crippen LogP contribution in [0.1, 0.15) is 0 Å². The van der Waals surface area contributed by atoms with Gasteiger partial charge in [0, 0.05) is 14.2 Å². The van der Waals surface area contributed by atoms with Crippen LogP contribution in [0, 0.1) is 0 Å². The molecule has 0 rings (SSSR count). The average Bonchev–Trinajstić information content (AvgIpc) is 1.91. The van der Waals surface area contributed by atoms with E-state index in [4.69, 9.17) is 9.47 Å². The van der Waals surface area contributed by atoms with Crippen molar-refractivity contribution >= 4 is 6.08 Å². The van der Waals surface area contributed by atoms with E-state index in [0.29, 0.717) is 0 Å². The van der Waals surface area contributed by atoms with Gasteiger partial charge in [-0.2, -0.15) is 0 Å². The van der Waals surface area contributed by atoms with Crippen molar-refractivity contribution in [3.8, 4) is 0 Å². The minimum atomic E-state index is -0.425. The molecule has 0 fully saturated rings. The summed E-state index contributed by atoms with van der Waals surface area (Å²) in [7, 11) is 2.96. The fraction of sp³-hybridized carbons (Fsp3) is 0.800. The Morgan fingerprint density at radius 2 is 2.11 bits per heavy atom. The van der Waals surface area contributed by atoms with Crippen LogP contribution in [0.2, 0.25) is 0 Å². The first-order valence-corrected chi connectivity index (χ1v) is 2.44. The van der Waals surface area contributed by atoms with Crippen LogP contribution in [-0.4, -0.2) is 33.1 Å². The molecule has 0 aliphatic heterocycles. The fourth-order valence-electron chi connectivity index (χ4n) is 0.357. The second-order valence-corrected chi connectivity index (χ2v) is 1.33. The Morgan fingerprint density at radius 3 is 2.44 bits per heavy atom. The Balaban J connectivity index is 3.42. The highest BCUT2D eigenvalue weighted by Crippen LogP contribution is 1.88. The summed E-state index contributed by atoms with van der Waals surface area (Å²) < 4.78 is 9.41. The SMILES string of the molecule is COC(CN=C=O)OC. The lowest BCUT2D eigenvalue weighted by Gasteiger charge is -2.07. The number of isocyanates is 1. The van der Waals surface area contributed by atoms with E-state index in [1.807, 2.05) is 0 Å². The molecular formula is C5H9NO3. The molecule has 4 heteroatoms. The van der Waals surface area contributed by atoms with Crippen LogP contribution in [0.25, 0.3) is 0 Å². The zero-order valence-electron chi connectivity index (χ0n) is 5.46. The number of carbonyl (C=O) groups excluding carboxylic acids is 1. The lowest BCUT2D eigenvalue weighted by molar-refractivity contribution is -0.0936. The van der Waals surface area contributed by atoms with Crippen molar-refractivity contribution in [2.24, 2.45) is 4.99 Å². The fourth-order valence-corrected chi connectivity index (χ4v) is 0.357. The summed E-state index contributed by atoms with van der Waals surface area (Å²) in [6, 6.07) is 0. The smallest absolute Gasteiger partial charge is 0.235 e. The second kappa shape index (κ2) is 5.44. The number of hydrogen-bond acceptors (Lipinski definition) is 4. The Hall–Kier alpha value is -0.700. The normalized spacial score (nSPS) is 9.22. The third-order valence-corrected chi connectivity index (χ3v) is 0.831. The van der Waals surface area contributed by atoms with Gasteiger partial charge >= 0.3 is 0 Å². The van der Waals surface area contributed by atoms with E-state index >= 15 is 0 Å². The summed E-state index contributed by atoms with van der Waals surface area (Å²) in [5, 5.41) is 0. The molecule has 0 N–H and O–H groups in total. The zero-order chi connectivity index (χ0) is 7.11. The summed E-state index contributed by atoms with van der Waals surface area (Å²) in [5.74, 6) is 0. The Labute approximate surface area is 53.5 Å². The molecule has 9 heavy (non-hydrogen) atoms. The van der Waals surface area contributed by atoms with Gasteiger partial charge < -0.3 is 9.47 Å². The van der Waals surface area contributed by atoms with E-state index in [9.17, 15) is 4.79 Å². The summed E-state index contributed by atoms with van der Waals surface area (Å²) >= 11 is 0. The Morgan fingerprint density at radius 1 is 1.56 bits per heavy atom. The van der Waals surface area contributed by atoms with Gasteiger partial charge in [0.15, 0.2) is 6.29 Å². The molecule has 0 aromatic carbocycles. The topological polar surface area (TPSA) is 47.9 Å². The number of nitrogens with zero attached hydrogens (tertiary/aromatic N) is 1. The number of aliphatic imine (C=N–C) groups is 1. The van der Waals surface area contributed by atoms with Crippen molar-refractivity contribution in [1.29, 1.82) is 0 Å². The van der Waals surface area contributed by atoms with E-state index in [0.717, 1.165) is 0 Å². The van der Waals surface area contributed by atoms with E-state index in [-0.39, 0.29) is 6.54 Å². The molecular weight excluding hydrogens is 122 g/mol. The van der Waals surface area contributed by atoms with Crippen LogP contribution in [-0.2, 0) is 14.3 Å². The molecule has 0 bridgehead atoms. The number of ether oxygens (including phenoxy) is 2. The van der Waals surface area contributed by atoms with E-state index < -0.39 is 6.29 Å². The molecule has 0 radical (unpaired) electrons. The number of methoxy groups -OCH3 is 2. The highest BCUT2D eigenvalue weighted by molar-refractivity contribution is 5.32. The van der Waals surface area contributed by atoms with Gasteiger partial charge in [0.1, 0.15) is 6.54 Å². The Kier molecular flexibility index (Phi) is 5.01. The third-order valence-electron chi connectivity index (χ3n) is 0.831. The minimum Gasteiger partial charge on any atom is -0.354 e. The first-order chi connectivity index (χ1) is 4.35. The molecule has 0 amide bonds. The lowest BCUT2D eigenvalue weighted by atomic mass is 10.6. The molecule has 0 aliphatic carbocycles. The average molecular weight is 131 g/mol. The van der Waals surface area contributed by atoms with Crippen molar-refractivity contribution in [3.05, 3.63) is 0 Å². The molecule has 0 aliphatic rings. The van der Waals surface area contributed by atoms with Crippen molar-refractivity contribution < 1.29 is 14.3 Å². The minimum absolute atomic E-state index is 0.205. The zero-order valence-corrected chi connectivity index (χ0v) is 5.46. The predicted molar refractivity (Wildman–Crippen MR) is 30.8 cm³/mol. The van der Waals surface area contributed by atoms with Crippen LogP contribution in [0.5, 0.6) is 0 Å². The molecule has 52 valence electrons. The van der Waals surface area contributed by atoms with E-state index in [1.54, 1.807) is 0 Å². The van der Waals surface area contributed by atoms with Gasteiger partial charge in [0.2, 0.25) is 6.08 Å². The summed E-state index contributed by atoms with van der Waals surface area (Å²) in [6.07, 6.45) is 0.957. The highest BCUT2D eigenvalue weighted by Gasteiger charge is 2.00. The van der Waals surface area contributed by atoms with Crippen LogP contribution >= 0.6 is 0 Å². The molecule has 0 heterocycles. The first kappa shape index (κ1) is 8.30. The highest BCUT2D eigenvalue weighted by atomic mass is 16.7. The van der Waals surface area contributed by atoms with Crippen molar-refractivity contribution in [2.75, 3.05) is 20.8 Å². The van der Waals surface area contributed by atoms with Gasteiger partial charge in [-0.1, -0.05) is 0 Å². The van der Waals surface area contributed by atoms with E-state index in [2.05, 4.69) is 4.99 Å². The van der Waals surface area contributed by atoms with Crippen molar-refractivity contribution in [2.45, 2.75) is 6.29 Å². The van der Waals surface area contributed by atoms with Gasteiger partial charge in [-0.05, 0) is 0 Å². The van der Waals surface area contributed by atoms with Crippen LogP contribution in [0.15, 0.2) is 4.99 Å². The number of rotatable bonds is 4. The molecule has 0 saturated carbocycles. The number of hydrogen-bond donors (Lipinski definition) is 0. The molecule has 0 atom stereocenters. The van der Waals surface area contributed by atoms with Crippen LogP contribution in [0.4, 0.5) is 0 Å². The first-order valence-electron chi connectivity index (χ1n) is 2.44. The molecule has 0 aromatic rings. The quantitative estimate of drug-likeness (QED) is 0.305. The molecule has 0 unspecified atom stereocenters. The monoisotopic (exact) mass is 131 g/mol. The summed E-state index contributed by atoms with van der Waals surface area (Å²) in [6.45, 7) is 0.205. The third kappa shape index (κ3) is 3.85.